The van der Waals surface area contributed by atoms with Crippen LogP contribution in [0.5, 0.6) is 11.5 Å². The summed E-state index contributed by atoms with van der Waals surface area (Å²) in [6, 6.07) is 24.4. The van der Waals surface area contributed by atoms with Gasteiger partial charge in [-0.3, -0.25) is 9.78 Å². The van der Waals surface area contributed by atoms with Crippen molar-refractivity contribution >= 4 is 22.7 Å². The molecule has 0 unspecified atom stereocenters. The lowest BCUT2D eigenvalue weighted by Crippen LogP contribution is -2.13. The molecule has 5 rings (SSSR count). The number of hydrogen-bond donors (Lipinski definition) is 2. The fraction of sp³-hybridized carbons (Fsp3) is 0. The highest BCUT2D eigenvalue weighted by molar-refractivity contribution is 5.92. The van der Waals surface area contributed by atoms with Crippen LogP contribution in [0.3, 0.4) is 0 Å². The fourth-order valence-corrected chi connectivity index (χ4v) is 3.36. The SMILES string of the molecule is O=c1[nH]c(Nc2ccc(Oc3ccccc3)cc2)nc2nccc(-c3ccc(F)cc3)c12. The first-order chi connectivity index (χ1) is 15.7. The second-order valence-corrected chi connectivity index (χ2v) is 7.04. The van der Waals surface area contributed by atoms with Crippen LogP contribution in [0.15, 0.2) is 95.9 Å². The van der Waals surface area contributed by atoms with Gasteiger partial charge in [0, 0.05) is 11.9 Å². The maximum absolute atomic E-state index is 13.3. The number of halogens is 1. The lowest BCUT2D eigenvalue weighted by Gasteiger charge is -2.10. The summed E-state index contributed by atoms with van der Waals surface area (Å²) in [6.07, 6.45) is 1.58. The van der Waals surface area contributed by atoms with E-state index in [1.165, 1.54) is 12.1 Å². The minimum atomic E-state index is -0.342. The first kappa shape index (κ1) is 19.4. The number of aromatic amines is 1. The van der Waals surface area contributed by atoms with Gasteiger partial charge in [0.25, 0.3) is 5.56 Å². The third-order valence-corrected chi connectivity index (χ3v) is 4.86. The van der Waals surface area contributed by atoms with Crippen molar-refractivity contribution in [3.05, 3.63) is 107 Å². The molecular weight excluding hydrogens is 407 g/mol. The Morgan fingerprint density at radius 2 is 1.56 bits per heavy atom. The molecule has 0 fully saturated rings. The Balaban J connectivity index is 1.42. The van der Waals surface area contributed by atoms with Crippen molar-refractivity contribution in [3.63, 3.8) is 0 Å². The number of benzene rings is 3. The molecule has 7 heteroatoms. The van der Waals surface area contributed by atoms with E-state index < -0.39 is 0 Å². The van der Waals surface area contributed by atoms with E-state index in [1.807, 2.05) is 54.6 Å². The number of rotatable bonds is 5. The fourth-order valence-electron chi connectivity index (χ4n) is 3.36. The number of nitrogens with one attached hydrogen (secondary N) is 2. The van der Waals surface area contributed by atoms with Gasteiger partial charge in [0.05, 0.1) is 5.39 Å². The van der Waals surface area contributed by atoms with Gasteiger partial charge in [-0.2, -0.15) is 4.98 Å². The van der Waals surface area contributed by atoms with Crippen molar-refractivity contribution in [1.82, 2.24) is 15.0 Å². The summed E-state index contributed by atoms with van der Waals surface area (Å²) >= 11 is 0. The largest absolute Gasteiger partial charge is 0.457 e. The van der Waals surface area contributed by atoms with Gasteiger partial charge in [-0.05, 0) is 65.7 Å². The predicted molar refractivity (Wildman–Crippen MR) is 122 cm³/mol. The standard InChI is InChI=1S/C25H17FN4O2/c26-17-8-6-16(7-9-17)21-14-15-27-23-22(21)24(31)30-25(29-23)28-18-10-12-20(13-11-18)32-19-4-2-1-3-5-19/h1-15H,(H2,27,28,29,30,31). The highest BCUT2D eigenvalue weighted by atomic mass is 19.1. The Hall–Kier alpha value is -4.52. The minimum Gasteiger partial charge on any atom is -0.457 e. The van der Waals surface area contributed by atoms with E-state index in [1.54, 1.807) is 24.4 Å². The Labute approximate surface area is 182 Å². The molecule has 2 heterocycles. The van der Waals surface area contributed by atoms with Crippen molar-refractivity contribution < 1.29 is 9.13 Å². The van der Waals surface area contributed by atoms with Crippen molar-refractivity contribution in [2.45, 2.75) is 0 Å². The molecule has 3 aromatic carbocycles. The van der Waals surface area contributed by atoms with Gasteiger partial charge in [-0.1, -0.05) is 30.3 Å². The second-order valence-electron chi connectivity index (χ2n) is 7.04. The zero-order chi connectivity index (χ0) is 21.9. The Kier molecular flexibility index (Phi) is 5.05. The smallest absolute Gasteiger partial charge is 0.262 e. The van der Waals surface area contributed by atoms with Crippen LogP contribution in [0, 0.1) is 5.82 Å². The number of ether oxygens (including phenoxy) is 1. The van der Waals surface area contributed by atoms with Crippen LogP contribution in [0.25, 0.3) is 22.2 Å². The van der Waals surface area contributed by atoms with E-state index in [0.29, 0.717) is 27.9 Å². The van der Waals surface area contributed by atoms with Crippen LogP contribution < -0.4 is 15.6 Å². The van der Waals surface area contributed by atoms with Gasteiger partial charge >= 0.3 is 0 Å². The van der Waals surface area contributed by atoms with Crippen LogP contribution in [0.2, 0.25) is 0 Å². The van der Waals surface area contributed by atoms with Crippen molar-refractivity contribution in [2.75, 3.05) is 5.32 Å². The van der Waals surface area contributed by atoms with E-state index in [9.17, 15) is 9.18 Å². The van der Waals surface area contributed by atoms with Crippen LogP contribution >= 0.6 is 0 Å². The number of H-pyrrole nitrogens is 1. The molecule has 0 spiro atoms. The predicted octanol–water partition coefficient (Wildman–Crippen LogP) is 5.66. The molecule has 0 saturated carbocycles. The van der Waals surface area contributed by atoms with Gasteiger partial charge in [0.2, 0.25) is 5.95 Å². The lowest BCUT2D eigenvalue weighted by atomic mass is 10.0. The number of anilines is 2. The van der Waals surface area contributed by atoms with Crippen molar-refractivity contribution in [1.29, 1.82) is 0 Å². The average Bonchev–Trinajstić information content (AvgIpc) is 2.81. The number of pyridine rings is 1. The van der Waals surface area contributed by atoms with Crippen molar-refractivity contribution in [2.24, 2.45) is 0 Å². The topological polar surface area (TPSA) is 79.9 Å². The second kappa shape index (κ2) is 8.31. The molecule has 0 amide bonds. The first-order valence-corrected chi connectivity index (χ1v) is 9.91. The number of nitrogens with zero attached hydrogens (tertiary/aromatic N) is 2. The minimum absolute atomic E-state index is 0.267. The van der Waals surface area contributed by atoms with E-state index in [-0.39, 0.29) is 17.3 Å². The molecule has 0 saturated heterocycles. The quantitative estimate of drug-likeness (QED) is 0.381. The molecule has 0 aliphatic rings. The average molecular weight is 424 g/mol. The Morgan fingerprint density at radius 3 is 2.31 bits per heavy atom. The zero-order valence-electron chi connectivity index (χ0n) is 16.7. The van der Waals surface area contributed by atoms with E-state index in [4.69, 9.17) is 4.74 Å². The summed E-state index contributed by atoms with van der Waals surface area (Å²) in [6.45, 7) is 0. The molecule has 156 valence electrons. The summed E-state index contributed by atoms with van der Waals surface area (Å²) < 4.78 is 19.1. The summed E-state index contributed by atoms with van der Waals surface area (Å²) in [5.74, 6) is 1.36. The van der Waals surface area contributed by atoms with Gasteiger partial charge in [-0.15, -0.1) is 0 Å². The highest BCUT2D eigenvalue weighted by Gasteiger charge is 2.12. The first-order valence-electron chi connectivity index (χ1n) is 9.91. The summed E-state index contributed by atoms with van der Waals surface area (Å²) in [5, 5.41) is 3.43. The molecule has 0 radical (unpaired) electrons. The maximum Gasteiger partial charge on any atom is 0.262 e. The van der Waals surface area contributed by atoms with E-state index in [0.717, 1.165) is 11.4 Å². The van der Waals surface area contributed by atoms with Crippen molar-refractivity contribution in [3.8, 4) is 22.6 Å². The monoisotopic (exact) mass is 424 g/mol. The van der Waals surface area contributed by atoms with E-state index >= 15 is 0 Å². The Bertz CT molecular complexity index is 1430. The molecule has 2 N–H and O–H groups in total. The van der Waals surface area contributed by atoms with Gasteiger partial charge < -0.3 is 10.1 Å². The molecule has 0 aliphatic carbocycles. The van der Waals surface area contributed by atoms with Crippen LogP contribution in [0.4, 0.5) is 16.0 Å². The molecule has 0 atom stereocenters. The highest BCUT2D eigenvalue weighted by Crippen LogP contribution is 2.26. The molecule has 32 heavy (non-hydrogen) atoms. The third kappa shape index (κ3) is 4.04. The summed E-state index contributed by atoms with van der Waals surface area (Å²) in [7, 11) is 0. The van der Waals surface area contributed by atoms with Crippen LogP contribution in [-0.4, -0.2) is 15.0 Å². The summed E-state index contributed by atoms with van der Waals surface area (Å²) in [4.78, 5) is 24.3. The van der Waals surface area contributed by atoms with Gasteiger partial charge in [0.15, 0.2) is 5.65 Å². The molecule has 6 nitrogen and oxygen atoms in total. The maximum atomic E-state index is 13.3. The number of aromatic nitrogens is 3. The molecule has 0 aliphatic heterocycles. The molecule has 5 aromatic rings. The van der Waals surface area contributed by atoms with Crippen LogP contribution in [-0.2, 0) is 0 Å². The van der Waals surface area contributed by atoms with E-state index in [2.05, 4.69) is 20.3 Å². The van der Waals surface area contributed by atoms with Gasteiger partial charge in [0.1, 0.15) is 17.3 Å². The third-order valence-electron chi connectivity index (χ3n) is 4.86. The van der Waals surface area contributed by atoms with Gasteiger partial charge in [-0.25, -0.2) is 9.37 Å². The molecule has 0 bridgehead atoms. The molecular formula is C25H17FN4O2. The molecule has 2 aromatic heterocycles. The Morgan fingerprint density at radius 1 is 0.844 bits per heavy atom. The number of hydrogen-bond acceptors (Lipinski definition) is 5. The number of fused-ring (bicyclic) bond motifs is 1. The number of para-hydroxylation sites is 1. The normalized spacial score (nSPS) is 10.8. The van der Waals surface area contributed by atoms with Crippen LogP contribution in [0.1, 0.15) is 0 Å². The lowest BCUT2D eigenvalue weighted by molar-refractivity contribution is 0.483. The zero-order valence-corrected chi connectivity index (χ0v) is 16.7. The summed E-state index contributed by atoms with van der Waals surface area (Å²) in [5.41, 5.74) is 2.03.